The third-order valence-electron chi connectivity index (χ3n) is 4.53. The van der Waals surface area contributed by atoms with E-state index in [0.717, 1.165) is 10.7 Å². The van der Waals surface area contributed by atoms with Gasteiger partial charge in [-0.15, -0.1) is 11.3 Å². The van der Waals surface area contributed by atoms with Gasteiger partial charge >= 0.3 is 0 Å². The Balaban J connectivity index is 1.53. The lowest BCUT2D eigenvalue weighted by Crippen LogP contribution is -2.49. The van der Waals surface area contributed by atoms with Gasteiger partial charge < -0.3 is 10.2 Å². The molecule has 7 heteroatoms. The van der Waals surface area contributed by atoms with Crippen molar-refractivity contribution in [3.05, 3.63) is 40.5 Å². The van der Waals surface area contributed by atoms with Gasteiger partial charge in [0.2, 0.25) is 5.91 Å². The molecule has 1 atom stereocenters. The number of fused-ring (bicyclic) bond motifs is 1. The summed E-state index contributed by atoms with van der Waals surface area (Å²) < 4.78 is 0. The molecule has 0 bridgehead atoms. The number of amidine groups is 1. The van der Waals surface area contributed by atoms with Crippen LogP contribution in [0.4, 0.5) is 0 Å². The molecule has 0 aliphatic carbocycles. The van der Waals surface area contributed by atoms with Crippen LogP contribution in [-0.4, -0.2) is 39.6 Å². The molecule has 3 heterocycles. The van der Waals surface area contributed by atoms with Crippen LogP contribution >= 0.6 is 11.3 Å². The van der Waals surface area contributed by atoms with Gasteiger partial charge in [0, 0.05) is 30.0 Å². The minimum atomic E-state index is -0.957. The lowest BCUT2D eigenvalue weighted by Gasteiger charge is -2.32. The van der Waals surface area contributed by atoms with Crippen molar-refractivity contribution in [1.82, 2.24) is 15.2 Å². The Labute approximate surface area is 157 Å². The van der Waals surface area contributed by atoms with E-state index in [4.69, 9.17) is 0 Å². The van der Waals surface area contributed by atoms with Crippen LogP contribution in [0.2, 0.25) is 0 Å². The molecule has 6 nitrogen and oxygen atoms in total. The first kappa shape index (κ1) is 18.5. The van der Waals surface area contributed by atoms with Crippen LogP contribution < -0.4 is 5.32 Å². The van der Waals surface area contributed by atoms with Crippen molar-refractivity contribution in [2.75, 3.05) is 6.54 Å². The molecule has 1 unspecified atom stereocenters. The standard InChI is InChI=1S/C19H24N4O2S/c1-18(2,3)13-12-26-16(21-13)8-9-20-15(24)11-19(4)17(25)22-14-7-5-6-10-23(14)19/h5-7,10,12H,8-9,11H2,1-4H3,(H,20,24). The number of hydrogen-bond donors (Lipinski definition) is 1. The predicted molar refractivity (Wildman–Crippen MR) is 103 cm³/mol. The van der Waals surface area contributed by atoms with E-state index in [0.29, 0.717) is 18.8 Å². The molecule has 2 aliphatic heterocycles. The number of hydrogen-bond acceptors (Lipinski definition) is 5. The summed E-state index contributed by atoms with van der Waals surface area (Å²) in [5, 5.41) is 5.98. The number of carbonyl (C=O) groups is 2. The Morgan fingerprint density at radius 3 is 2.81 bits per heavy atom. The smallest absolute Gasteiger partial charge is 0.274 e. The maximum absolute atomic E-state index is 12.4. The molecule has 3 rings (SSSR count). The van der Waals surface area contributed by atoms with Crippen molar-refractivity contribution in [1.29, 1.82) is 0 Å². The molecule has 2 amide bonds. The van der Waals surface area contributed by atoms with E-state index in [1.165, 1.54) is 0 Å². The molecule has 0 spiro atoms. The number of rotatable bonds is 5. The lowest BCUT2D eigenvalue weighted by molar-refractivity contribution is -0.131. The van der Waals surface area contributed by atoms with Crippen LogP contribution in [0, 0.1) is 0 Å². The molecule has 2 aliphatic rings. The number of allylic oxidation sites excluding steroid dienone is 2. The third kappa shape index (κ3) is 3.62. The molecule has 138 valence electrons. The van der Waals surface area contributed by atoms with Crippen LogP contribution in [0.25, 0.3) is 0 Å². The van der Waals surface area contributed by atoms with Crippen LogP contribution in [0.1, 0.15) is 44.8 Å². The molecule has 1 aromatic rings. The van der Waals surface area contributed by atoms with Crippen molar-refractivity contribution in [2.24, 2.45) is 4.99 Å². The van der Waals surface area contributed by atoms with Gasteiger partial charge in [0.1, 0.15) is 11.4 Å². The third-order valence-corrected chi connectivity index (χ3v) is 5.44. The first-order valence-corrected chi connectivity index (χ1v) is 9.57. The van der Waals surface area contributed by atoms with E-state index < -0.39 is 5.54 Å². The highest BCUT2D eigenvalue weighted by Crippen LogP contribution is 2.30. The second-order valence-corrected chi connectivity index (χ2v) is 8.72. The van der Waals surface area contributed by atoms with Gasteiger partial charge in [-0.1, -0.05) is 26.8 Å². The summed E-state index contributed by atoms with van der Waals surface area (Å²) in [5.41, 5.74) is 0.146. The number of aliphatic imine (C=N–C) groups is 1. The zero-order valence-electron chi connectivity index (χ0n) is 15.6. The zero-order valence-corrected chi connectivity index (χ0v) is 16.4. The monoisotopic (exact) mass is 372 g/mol. The van der Waals surface area contributed by atoms with E-state index >= 15 is 0 Å². The molecular formula is C19H24N4O2S. The average molecular weight is 372 g/mol. The molecule has 1 N–H and O–H groups in total. The quantitative estimate of drug-likeness (QED) is 0.862. The van der Waals surface area contributed by atoms with Gasteiger partial charge in [-0.3, -0.25) is 9.59 Å². The van der Waals surface area contributed by atoms with E-state index in [9.17, 15) is 9.59 Å². The molecule has 1 aromatic heterocycles. The van der Waals surface area contributed by atoms with E-state index in [-0.39, 0.29) is 23.7 Å². The van der Waals surface area contributed by atoms with Crippen molar-refractivity contribution in [3.8, 4) is 0 Å². The van der Waals surface area contributed by atoms with Crippen LogP contribution in [0.5, 0.6) is 0 Å². The van der Waals surface area contributed by atoms with E-state index in [1.807, 2.05) is 12.2 Å². The van der Waals surface area contributed by atoms with Crippen LogP contribution in [-0.2, 0) is 21.4 Å². The number of nitrogens with one attached hydrogen (secondary N) is 1. The van der Waals surface area contributed by atoms with Crippen molar-refractivity contribution in [2.45, 2.75) is 51.5 Å². The summed E-state index contributed by atoms with van der Waals surface area (Å²) in [7, 11) is 0. The maximum Gasteiger partial charge on any atom is 0.274 e. The number of carbonyl (C=O) groups excluding carboxylic acids is 2. The van der Waals surface area contributed by atoms with E-state index in [2.05, 4.69) is 41.4 Å². The normalized spacial score (nSPS) is 21.8. The largest absolute Gasteiger partial charge is 0.356 e. The Morgan fingerprint density at radius 1 is 1.35 bits per heavy atom. The SMILES string of the molecule is CC(C)(C)c1csc(CCNC(=O)CC2(C)C(=O)N=C3C=CC=CN32)n1. The van der Waals surface area contributed by atoms with Gasteiger partial charge in [-0.25, -0.2) is 4.98 Å². The highest BCUT2D eigenvalue weighted by atomic mass is 32.1. The minimum Gasteiger partial charge on any atom is -0.356 e. The summed E-state index contributed by atoms with van der Waals surface area (Å²) in [6.45, 7) is 8.66. The predicted octanol–water partition coefficient (Wildman–Crippen LogP) is 2.57. The lowest BCUT2D eigenvalue weighted by atomic mass is 9.93. The molecule has 0 aromatic carbocycles. The summed E-state index contributed by atoms with van der Waals surface area (Å²) in [6, 6.07) is 0. The highest BCUT2D eigenvalue weighted by Gasteiger charge is 2.46. The Bertz CT molecular complexity index is 816. The fourth-order valence-corrected chi connectivity index (χ4v) is 3.91. The molecule has 0 radical (unpaired) electrons. The number of thiazole rings is 1. The highest BCUT2D eigenvalue weighted by molar-refractivity contribution is 7.09. The van der Waals surface area contributed by atoms with Crippen molar-refractivity contribution in [3.63, 3.8) is 0 Å². The fourth-order valence-electron chi connectivity index (χ4n) is 2.88. The van der Waals surface area contributed by atoms with Gasteiger partial charge in [-0.2, -0.15) is 4.99 Å². The molecular weight excluding hydrogens is 348 g/mol. The molecule has 0 fully saturated rings. The van der Waals surface area contributed by atoms with Crippen molar-refractivity contribution >= 4 is 29.0 Å². The number of aromatic nitrogens is 1. The summed E-state index contributed by atoms with van der Waals surface area (Å²) >= 11 is 1.62. The van der Waals surface area contributed by atoms with Crippen LogP contribution in [0.15, 0.2) is 34.8 Å². The Morgan fingerprint density at radius 2 is 2.12 bits per heavy atom. The average Bonchev–Trinajstić information content (AvgIpc) is 3.12. The second kappa shape index (κ2) is 6.79. The summed E-state index contributed by atoms with van der Waals surface area (Å²) in [5.74, 6) is 0.145. The molecule has 0 saturated carbocycles. The molecule has 0 saturated heterocycles. The Kier molecular flexibility index (Phi) is 4.84. The first-order chi connectivity index (χ1) is 12.2. The Hall–Kier alpha value is -2.28. The van der Waals surface area contributed by atoms with Gasteiger partial charge in [0.05, 0.1) is 17.1 Å². The number of nitrogens with zero attached hydrogens (tertiary/aromatic N) is 3. The summed E-state index contributed by atoms with van der Waals surface area (Å²) in [4.78, 5) is 35.1. The topological polar surface area (TPSA) is 74.7 Å². The molecule has 26 heavy (non-hydrogen) atoms. The number of amides is 2. The second-order valence-electron chi connectivity index (χ2n) is 7.77. The van der Waals surface area contributed by atoms with Crippen LogP contribution in [0.3, 0.4) is 0 Å². The van der Waals surface area contributed by atoms with E-state index in [1.54, 1.807) is 35.4 Å². The summed E-state index contributed by atoms with van der Waals surface area (Å²) in [6.07, 6.45) is 7.99. The first-order valence-electron chi connectivity index (χ1n) is 8.69. The minimum absolute atomic E-state index is 0.0313. The van der Waals surface area contributed by atoms with Crippen molar-refractivity contribution < 1.29 is 9.59 Å². The zero-order chi connectivity index (χ0) is 18.9. The maximum atomic E-state index is 12.4. The van der Waals surface area contributed by atoms with Gasteiger partial charge in [0.15, 0.2) is 0 Å². The van der Waals surface area contributed by atoms with Gasteiger partial charge in [0.25, 0.3) is 5.91 Å². The fraction of sp³-hybridized carbons (Fsp3) is 0.474. The van der Waals surface area contributed by atoms with Gasteiger partial charge in [-0.05, 0) is 19.1 Å².